The molecule has 2 unspecified atom stereocenters. The van der Waals surface area contributed by atoms with Crippen LogP contribution in [0.15, 0.2) is 24.3 Å². The minimum absolute atomic E-state index is 0.0743. The summed E-state index contributed by atoms with van der Waals surface area (Å²) in [4.78, 5) is 33.8. The second-order valence-corrected chi connectivity index (χ2v) is 8.33. The van der Waals surface area contributed by atoms with Gasteiger partial charge in [-0.2, -0.15) is 0 Å². The van der Waals surface area contributed by atoms with Gasteiger partial charge >= 0.3 is 0 Å². The van der Waals surface area contributed by atoms with E-state index in [-0.39, 0.29) is 29.7 Å². The maximum atomic E-state index is 13.2. The third kappa shape index (κ3) is 6.02. The highest BCUT2D eigenvalue weighted by Crippen LogP contribution is 2.21. The SMILES string of the molecule is CCN(C(=O)CN1CCN(C(C)C(=O)N2CCOCC2)CC1)C(C)c1ccc(F)cc1. The quantitative estimate of drug-likeness (QED) is 0.653. The first-order valence-corrected chi connectivity index (χ1v) is 11.3. The first-order chi connectivity index (χ1) is 14.9. The molecule has 2 fully saturated rings. The number of piperazine rings is 1. The van der Waals surface area contributed by atoms with E-state index >= 15 is 0 Å². The average Bonchev–Trinajstić information content (AvgIpc) is 2.80. The minimum atomic E-state index is -0.274. The van der Waals surface area contributed by atoms with Crippen LogP contribution in [0.1, 0.15) is 32.4 Å². The van der Waals surface area contributed by atoms with E-state index in [1.807, 2.05) is 30.6 Å². The molecule has 31 heavy (non-hydrogen) atoms. The van der Waals surface area contributed by atoms with Crippen LogP contribution in [0, 0.1) is 5.82 Å². The Kier molecular flexibility index (Phi) is 8.40. The highest BCUT2D eigenvalue weighted by Gasteiger charge is 2.30. The van der Waals surface area contributed by atoms with Crippen molar-refractivity contribution in [2.45, 2.75) is 32.9 Å². The molecule has 2 aliphatic rings. The fourth-order valence-electron chi connectivity index (χ4n) is 4.38. The lowest BCUT2D eigenvalue weighted by atomic mass is 10.1. The van der Waals surface area contributed by atoms with Crippen LogP contribution in [0.25, 0.3) is 0 Å². The number of hydrogen-bond acceptors (Lipinski definition) is 5. The minimum Gasteiger partial charge on any atom is -0.378 e. The summed E-state index contributed by atoms with van der Waals surface area (Å²) in [5.74, 6) is -0.0344. The number of nitrogens with zero attached hydrogens (tertiary/aromatic N) is 4. The molecule has 2 aliphatic heterocycles. The molecule has 8 heteroatoms. The van der Waals surface area contributed by atoms with E-state index in [1.165, 1.54) is 12.1 Å². The Morgan fingerprint density at radius 1 is 1.03 bits per heavy atom. The maximum Gasteiger partial charge on any atom is 0.239 e. The molecular formula is C23H35FN4O3. The predicted molar refractivity (Wildman–Crippen MR) is 117 cm³/mol. The molecule has 0 radical (unpaired) electrons. The van der Waals surface area contributed by atoms with Crippen LogP contribution in [0.4, 0.5) is 4.39 Å². The van der Waals surface area contributed by atoms with Gasteiger partial charge in [-0.05, 0) is 38.5 Å². The zero-order valence-corrected chi connectivity index (χ0v) is 18.9. The van der Waals surface area contributed by atoms with Gasteiger partial charge in [0, 0.05) is 45.8 Å². The molecule has 2 atom stereocenters. The lowest BCUT2D eigenvalue weighted by Crippen LogP contribution is -2.56. The summed E-state index contributed by atoms with van der Waals surface area (Å²) in [5, 5.41) is 0. The van der Waals surface area contributed by atoms with E-state index in [4.69, 9.17) is 4.74 Å². The van der Waals surface area contributed by atoms with E-state index in [2.05, 4.69) is 9.80 Å². The summed E-state index contributed by atoms with van der Waals surface area (Å²) < 4.78 is 18.6. The van der Waals surface area contributed by atoms with Gasteiger partial charge < -0.3 is 14.5 Å². The molecular weight excluding hydrogens is 399 g/mol. The van der Waals surface area contributed by atoms with E-state index in [0.29, 0.717) is 39.4 Å². The Morgan fingerprint density at radius 2 is 1.65 bits per heavy atom. The van der Waals surface area contributed by atoms with Crippen LogP contribution >= 0.6 is 0 Å². The topological polar surface area (TPSA) is 56.3 Å². The standard InChI is InChI=1S/C23H35FN4O3/c1-4-28(18(2)20-5-7-21(24)8-6-20)22(29)17-25-9-11-26(12-10-25)19(3)23(30)27-13-15-31-16-14-27/h5-8,18-19H,4,9-17H2,1-3H3. The molecule has 0 N–H and O–H groups in total. The number of rotatable bonds is 7. The van der Waals surface area contributed by atoms with Gasteiger partial charge in [0.25, 0.3) is 0 Å². The monoisotopic (exact) mass is 434 g/mol. The normalized spacial score (nSPS) is 20.3. The first kappa shape index (κ1) is 23.6. The van der Waals surface area contributed by atoms with Gasteiger partial charge in [-0.25, -0.2) is 4.39 Å². The van der Waals surface area contributed by atoms with Gasteiger partial charge in [0.1, 0.15) is 5.82 Å². The third-order valence-electron chi connectivity index (χ3n) is 6.47. The average molecular weight is 435 g/mol. The van der Waals surface area contributed by atoms with E-state index in [9.17, 15) is 14.0 Å². The van der Waals surface area contributed by atoms with E-state index in [1.54, 1.807) is 12.1 Å². The number of morpholine rings is 1. The van der Waals surface area contributed by atoms with Gasteiger partial charge in [-0.1, -0.05) is 12.1 Å². The number of benzene rings is 1. The van der Waals surface area contributed by atoms with E-state index < -0.39 is 0 Å². The molecule has 172 valence electrons. The molecule has 0 aliphatic carbocycles. The zero-order valence-electron chi connectivity index (χ0n) is 18.9. The van der Waals surface area contributed by atoms with Gasteiger partial charge in [0.05, 0.1) is 31.8 Å². The second-order valence-electron chi connectivity index (χ2n) is 8.33. The first-order valence-electron chi connectivity index (χ1n) is 11.3. The largest absolute Gasteiger partial charge is 0.378 e. The summed E-state index contributed by atoms with van der Waals surface area (Å²) in [7, 11) is 0. The van der Waals surface area contributed by atoms with Crippen LogP contribution in [-0.4, -0.2) is 103 Å². The number of amides is 2. The molecule has 1 aromatic rings. The lowest BCUT2D eigenvalue weighted by molar-refractivity contribution is -0.142. The van der Waals surface area contributed by atoms with Crippen molar-refractivity contribution in [1.82, 2.24) is 19.6 Å². The van der Waals surface area contributed by atoms with Crippen molar-refractivity contribution in [3.8, 4) is 0 Å². The molecule has 0 bridgehead atoms. The fourth-order valence-corrected chi connectivity index (χ4v) is 4.38. The Hall–Kier alpha value is -2.03. The molecule has 2 saturated heterocycles. The number of likely N-dealkylation sites (N-methyl/N-ethyl adjacent to an activating group) is 1. The van der Waals surface area contributed by atoms with Crippen molar-refractivity contribution < 1.29 is 18.7 Å². The summed E-state index contributed by atoms with van der Waals surface area (Å²) in [6.45, 7) is 12.5. The second kappa shape index (κ2) is 11.0. The Bertz CT molecular complexity index is 731. The van der Waals surface area contributed by atoms with Crippen molar-refractivity contribution >= 4 is 11.8 Å². The lowest BCUT2D eigenvalue weighted by Gasteiger charge is -2.40. The molecule has 7 nitrogen and oxygen atoms in total. The molecule has 0 saturated carbocycles. The fraction of sp³-hybridized carbons (Fsp3) is 0.652. The number of halogens is 1. The van der Waals surface area contributed by atoms with Crippen LogP contribution in [0.3, 0.4) is 0 Å². The summed E-state index contributed by atoms with van der Waals surface area (Å²) in [6.07, 6.45) is 0. The van der Waals surface area contributed by atoms with Crippen LogP contribution in [-0.2, 0) is 14.3 Å². The Morgan fingerprint density at radius 3 is 2.23 bits per heavy atom. The molecule has 3 rings (SSSR count). The van der Waals surface area contributed by atoms with Crippen molar-refractivity contribution in [2.24, 2.45) is 0 Å². The van der Waals surface area contributed by atoms with Crippen LogP contribution in [0.2, 0.25) is 0 Å². The molecule has 0 spiro atoms. The number of carbonyl (C=O) groups is 2. The number of ether oxygens (including phenoxy) is 1. The molecule has 0 aromatic heterocycles. The third-order valence-corrected chi connectivity index (χ3v) is 6.47. The maximum absolute atomic E-state index is 13.2. The number of hydrogen-bond donors (Lipinski definition) is 0. The van der Waals surface area contributed by atoms with Crippen molar-refractivity contribution in [2.75, 3.05) is 65.6 Å². The summed E-state index contributed by atoms with van der Waals surface area (Å²) in [5.41, 5.74) is 0.928. The Labute approximate surface area is 184 Å². The highest BCUT2D eigenvalue weighted by molar-refractivity contribution is 5.81. The van der Waals surface area contributed by atoms with Crippen LogP contribution in [0.5, 0.6) is 0 Å². The van der Waals surface area contributed by atoms with Crippen molar-refractivity contribution in [3.63, 3.8) is 0 Å². The zero-order chi connectivity index (χ0) is 22.4. The molecule has 2 amide bonds. The van der Waals surface area contributed by atoms with E-state index in [0.717, 1.165) is 31.7 Å². The number of carbonyl (C=O) groups excluding carboxylic acids is 2. The van der Waals surface area contributed by atoms with Gasteiger partial charge in [-0.15, -0.1) is 0 Å². The van der Waals surface area contributed by atoms with Gasteiger partial charge in [0.15, 0.2) is 0 Å². The van der Waals surface area contributed by atoms with Crippen molar-refractivity contribution in [3.05, 3.63) is 35.6 Å². The molecule has 2 heterocycles. The molecule has 1 aromatic carbocycles. The van der Waals surface area contributed by atoms with Crippen LogP contribution < -0.4 is 0 Å². The Balaban J connectivity index is 1.49. The smallest absolute Gasteiger partial charge is 0.239 e. The highest BCUT2D eigenvalue weighted by atomic mass is 19.1. The predicted octanol–water partition coefficient (Wildman–Crippen LogP) is 1.60. The summed E-state index contributed by atoms with van der Waals surface area (Å²) in [6, 6.07) is 6.08. The van der Waals surface area contributed by atoms with Crippen molar-refractivity contribution in [1.29, 1.82) is 0 Å². The summed E-state index contributed by atoms with van der Waals surface area (Å²) >= 11 is 0. The van der Waals surface area contributed by atoms with Gasteiger partial charge in [0.2, 0.25) is 11.8 Å². The van der Waals surface area contributed by atoms with Gasteiger partial charge in [-0.3, -0.25) is 19.4 Å².